The van der Waals surface area contributed by atoms with Crippen molar-refractivity contribution in [3.05, 3.63) is 46.8 Å². The minimum atomic E-state index is 0.260. The predicted molar refractivity (Wildman–Crippen MR) is 110 cm³/mol. The molecule has 6 heteroatoms. The van der Waals surface area contributed by atoms with Crippen LogP contribution in [0.2, 0.25) is 0 Å². The van der Waals surface area contributed by atoms with Gasteiger partial charge < -0.3 is 15.5 Å². The van der Waals surface area contributed by atoms with Crippen molar-refractivity contribution in [2.45, 2.75) is 39.8 Å². The van der Waals surface area contributed by atoms with Gasteiger partial charge in [-0.05, 0) is 50.5 Å². The van der Waals surface area contributed by atoms with Crippen molar-refractivity contribution in [1.82, 2.24) is 20.4 Å². The molecule has 1 atom stereocenters. The van der Waals surface area contributed by atoms with Gasteiger partial charge in [-0.3, -0.25) is 9.67 Å². The fourth-order valence-electron chi connectivity index (χ4n) is 3.03. The van der Waals surface area contributed by atoms with E-state index in [1.807, 2.05) is 11.7 Å². The smallest absolute Gasteiger partial charge is 0.191 e. The van der Waals surface area contributed by atoms with Gasteiger partial charge in [-0.15, -0.1) is 0 Å². The first-order valence-corrected chi connectivity index (χ1v) is 9.04. The molecule has 2 rings (SSSR count). The summed E-state index contributed by atoms with van der Waals surface area (Å²) in [5.74, 6) is 0.812. The standard InChI is InChI=1S/C20H32N6/c1-14(11-19-15(2)24-26(7)16(19)3)23-20(21-4)22-13-17-9-8-10-18(12-17)25(5)6/h8-10,12,14H,11,13H2,1-7H3,(H2,21,22,23). The average Bonchev–Trinajstić information content (AvgIpc) is 2.85. The molecule has 0 amide bonds. The van der Waals surface area contributed by atoms with Gasteiger partial charge in [-0.25, -0.2) is 0 Å². The minimum Gasteiger partial charge on any atom is -0.378 e. The highest BCUT2D eigenvalue weighted by Crippen LogP contribution is 2.15. The molecule has 1 heterocycles. The van der Waals surface area contributed by atoms with Gasteiger partial charge in [0.1, 0.15) is 0 Å². The number of rotatable bonds is 6. The number of aliphatic imine (C=N–C) groups is 1. The molecule has 1 unspecified atom stereocenters. The molecule has 0 aliphatic carbocycles. The molecule has 0 spiro atoms. The molecule has 142 valence electrons. The number of nitrogens with zero attached hydrogens (tertiary/aromatic N) is 4. The molecule has 1 aromatic carbocycles. The second-order valence-corrected chi connectivity index (χ2v) is 7.01. The molecular weight excluding hydrogens is 324 g/mol. The lowest BCUT2D eigenvalue weighted by Gasteiger charge is -2.19. The Kier molecular flexibility index (Phi) is 6.66. The quantitative estimate of drug-likeness (QED) is 0.616. The van der Waals surface area contributed by atoms with Crippen LogP contribution in [-0.2, 0) is 20.0 Å². The van der Waals surface area contributed by atoms with Crippen molar-refractivity contribution in [3.63, 3.8) is 0 Å². The van der Waals surface area contributed by atoms with Crippen molar-refractivity contribution >= 4 is 11.6 Å². The molecule has 26 heavy (non-hydrogen) atoms. The Balaban J connectivity index is 1.94. The maximum absolute atomic E-state index is 4.50. The molecule has 0 aliphatic heterocycles. The van der Waals surface area contributed by atoms with Crippen LogP contribution in [0.5, 0.6) is 0 Å². The molecule has 0 saturated heterocycles. The zero-order valence-corrected chi connectivity index (χ0v) is 17.1. The number of nitrogens with one attached hydrogen (secondary N) is 2. The van der Waals surface area contributed by atoms with E-state index in [0.717, 1.165) is 24.6 Å². The number of anilines is 1. The molecule has 0 radical (unpaired) electrons. The van der Waals surface area contributed by atoms with Crippen LogP contribution >= 0.6 is 0 Å². The molecule has 0 aliphatic rings. The van der Waals surface area contributed by atoms with Gasteiger partial charge in [0.05, 0.1) is 5.69 Å². The first-order valence-electron chi connectivity index (χ1n) is 9.04. The average molecular weight is 357 g/mol. The zero-order chi connectivity index (χ0) is 19.3. The lowest BCUT2D eigenvalue weighted by molar-refractivity contribution is 0.635. The fourth-order valence-corrected chi connectivity index (χ4v) is 3.03. The van der Waals surface area contributed by atoms with E-state index in [1.165, 1.54) is 22.5 Å². The van der Waals surface area contributed by atoms with Crippen LogP contribution in [0, 0.1) is 13.8 Å². The second kappa shape index (κ2) is 8.74. The second-order valence-electron chi connectivity index (χ2n) is 7.01. The molecule has 0 saturated carbocycles. The number of hydrogen-bond donors (Lipinski definition) is 2. The van der Waals surface area contributed by atoms with Crippen LogP contribution in [0.3, 0.4) is 0 Å². The largest absolute Gasteiger partial charge is 0.378 e. The normalized spacial score (nSPS) is 12.8. The Morgan fingerprint density at radius 3 is 2.62 bits per heavy atom. The van der Waals surface area contributed by atoms with E-state index < -0.39 is 0 Å². The summed E-state index contributed by atoms with van der Waals surface area (Å²) >= 11 is 0. The molecule has 0 bridgehead atoms. The predicted octanol–water partition coefficient (Wildman–Crippen LogP) is 2.40. The van der Waals surface area contributed by atoms with Crippen molar-refractivity contribution in [1.29, 1.82) is 0 Å². The lowest BCUT2D eigenvalue weighted by atomic mass is 10.1. The number of benzene rings is 1. The lowest BCUT2D eigenvalue weighted by Crippen LogP contribution is -2.42. The van der Waals surface area contributed by atoms with Crippen molar-refractivity contribution in [2.75, 3.05) is 26.0 Å². The van der Waals surface area contributed by atoms with Gasteiger partial charge >= 0.3 is 0 Å². The van der Waals surface area contributed by atoms with Gasteiger partial charge in [0.25, 0.3) is 0 Å². The van der Waals surface area contributed by atoms with Crippen LogP contribution < -0.4 is 15.5 Å². The summed E-state index contributed by atoms with van der Waals surface area (Å²) in [6.07, 6.45) is 0.919. The summed E-state index contributed by atoms with van der Waals surface area (Å²) in [6.45, 7) is 7.09. The molecule has 6 nitrogen and oxygen atoms in total. The van der Waals surface area contributed by atoms with Gasteiger partial charge in [-0.2, -0.15) is 5.10 Å². The summed E-state index contributed by atoms with van der Waals surface area (Å²) in [6, 6.07) is 8.76. The van der Waals surface area contributed by atoms with Crippen LogP contribution in [0.4, 0.5) is 5.69 Å². The Morgan fingerprint density at radius 2 is 2.04 bits per heavy atom. The van der Waals surface area contributed by atoms with E-state index in [2.05, 4.69) is 84.8 Å². The molecule has 2 aromatic rings. The van der Waals surface area contributed by atoms with Gasteiger partial charge in [0.2, 0.25) is 0 Å². The Bertz CT molecular complexity index is 760. The third kappa shape index (κ3) is 5.00. The first-order chi connectivity index (χ1) is 12.3. The van der Waals surface area contributed by atoms with E-state index in [9.17, 15) is 0 Å². The number of aryl methyl sites for hydroxylation is 2. The summed E-state index contributed by atoms with van der Waals surface area (Å²) < 4.78 is 1.95. The summed E-state index contributed by atoms with van der Waals surface area (Å²) in [4.78, 5) is 6.46. The highest BCUT2D eigenvalue weighted by Gasteiger charge is 2.14. The Morgan fingerprint density at radius 1 is 1.31 bits per heavy atom. The third-order valence-electron chi connectivity index (χ3n) is 4.66. The number of hydrogen-bond acceptors (Lipinski definition) is 3. The van der Waals surface area contributed by atoms with Crippen molar-refractivity contribution in [3.8, 4) is 0 Å². The maximum atomic E-state index is 4.50. The van der Waals surface area contributed by atoms with E-state index >= 15 is 0 Å². The van der Waals surface area contributed by atoms with Crippen LogP contribution in [0.1, 0.15) is 29.4 Å². The Labute approximate surface area is 157 Å². The van der Waals surface area contributed by atoms with Crippen LogP contribution in [0.25, 0.3) is 0 Å². The monoisotopic (exact) mass is 356 g/mol. The number of guanidine groups is 1. The maximum Gasteiger partial charge on any atom is 0.191 e. The Hall–Kier alpha value is -2.50. The topological polar surface area (TPSA) is 57.5 Å². The van der Waals surface area contributed by atoms with E-state index in [1.54, 1.807) is 7.05 Å². The highest BCUT2D eigenvalue weighted by atomic mass is 15.3. The highest BCUT2D eigenvalue weighted by molar-refractivity contribution is 5.80. The molecule has 2 N–H and O–H groups in total. The van der Waals surface area contributed by atoms with Gasteiger partial charge in [0.15, 0.2) is 5.96 Å². The first kappa shape index (κ1) is 19.8. The summed E-state index contributed by atoms with van der Waals surface area (Å²) in [5, 5.41) is 11.4. The summed E-state index contributed by atoms with van der Waals surface area (Å²) in [7, 11) is 7.90. The SMILES string of the molecule is CN=C(NCc1cccc(N(C)C)c1)NC(C)Cc1c(C)nn(C)c1C. The molecule has 0 fully saturated rings. The molecular formula is C20H32N6. The number of aromatic nitrogens is 2. The zero-order valence-electron chi connectivity index (χ0n) is 17.1. The van der Waals surface area contributed by atoms with Crippen LogP contribution in [0.15, 0.2) is 29.3 Å². The minimum absolute atomic E-state index is 0.260. The van der Waals surface area contributed by atoms with Crippen LogP contribution in [-0.4, -0.2) is 42.9 Å². The van der Waals surface area contributed by atoms with Crippen molar-refractivity contribution in [2.24, 2.45) is 12.0 Å². The fraction of sp³-hybridized carbons (Fsp3) is 0.500. The van der Waals surface area contributed by atoms with E-state index in [-0.39, 0.29) is 6.04 Å². The van der Waals surface area contributed by atoms with Gasteiger partial charge in [0, 0.05) is 52.2 Å². The van der Waals surface area contributed by atoms with E-state index in [0.29, 0.717) is 0 Å². The van der Waals surface area contributed by atoms with Gasteiger partial charge in [-0.1, -0.05) is 12.1 Å². The summed E-state index contributed by atoms with van der Waals surface area (Å²) in [5.41, 5.74) is 6.05. The molecule has 1 aromatic heterocycles. The van der Waals surface area contributed by atoms with Crippen molar-refractivity contribution < 1.29 is 0 Å². The van der Waals surface area contributed by atoms with E-state index in [4.69, 9.17) is 0 Å². The third-order valence-corrected chi connectivity index (χ3v) is 4.66.